The highest BCUT2D eigenvalue weighted by molar-refractivity contribution is 9.10. The second-order valence-corrected chi connectivity index (χ2v) is 5.82. The van der Waals surface area contributed by atoms with E-state index in [1.54, 1.807) is 0 Å². The van der Waals surface area contributed by atoms with Gasteiger partial charge in [0.2, 0.25) is 0 Å². The van der Waals surface area contributed by atoms with Gasteiger partial charge in [0, 0.05) is 37.8 Å². The molecule has 1 atom stereocenters. The smallest absolute Gasteiger partial charge is 0.0738 e. The van der Waals surface area contributed by atoms with Crippen LogP contribution >= 0.6 is 15.9 Å². The third-order valence-corrected chi connectivity index (χ3v) is 4.57. The number of rotatable bonds is 5. The van der Waals surface area contributed by atoms with Crippen LogP contribution < -0.4 is 5.73 Å². The number of aryl methyl sites for hydroxylation is 4. The van der Waals surface area contributed by atoms with Crippen LogP contribution in [0.1, 0.15) is 42.5 Å². The molecule has 2 rings (SSSR count). The van der Waals surface area contributed by atoms with Crippen LogP contribution in [0.3, 0.4) is 0 Å². The van der Waals surface area contributed by atoms with Crippen LogP contribution in [0.5, 0.6) is 0 Å². The summed E-state index contributed by atoms with van der Waals surface area (Å²) in [7, 11) is 1.94. The largest absolute Gasteiger partial charge is 0.324 e. The van der Waals surface area contributed by atoms with Crippen molar-refractivity contribution < 1.29 is 0 Å². The Kier molecular flexibility index (Phi) is 4.65. The molecule has 0 bridgehead atoms. The fourth-order valence-electron chi connectivity index (χ4n) is 2.52. The molecule has 0 aliphatic rings. The molecule has 0 amide bonds. The molecule has 0 radical (unpaired) electrons. The van der Waals surface area contributed by atoms with Gasteiger partial charge in [-0.05, 0) is 36.2 Å². The first-order valence-electron chi connectivity index (χ1n) is 6.97. The van der Waals surface area contributed by atoms with E-state index in [-0.39, 0.29) is 6.04 Å². The van der Waals surface area contributed by atoms with Gasteiger partial charge in [0.05, 0.1) is 21.6 Å². The minimum Gasteiger partial charge on any atom is -0.324 e. The standard InChI is InChI=1S/C14H22BrN5/c1-5-12-10(8-19(4)18-12)11(16)7-13-14(15)9(3)17-20(13)6-2/h8,11H,5-7,16H2,1-4H3. The first-order valence-corrected chi connectivity index (χ1v) is 7.76. The van der Waals surface area contributed by atoms with E-state index in [2.05, 4.69) is 40.0 Å². The molecule has 20 heavy (non-hydrogen) atoms. The summed E-state index contributed by atoms with van der Waals surface area (Å²) < 4.78 is 4.92. The normalized spacial score (nSPS) is 12.9. The van der Waals surface area contributed by atoms with Gasteiger partial charge in [-0.25, -0.2) is 0 Å². The summed E-state index contributed by atoms with van der Waals surface area (Å²) in [5.41, 5.74) is 10.8. The molecule has 110 valence electrons. The lowest BCUT2D eigenvalue weighted by Gasteiger charge is -2.13. The summed E-state index contributed by atoms with van der Waals surface area (Å²) in [5, 5.41) is 8.98. The van der Waals surface area contributed by atoms with Gasteiger partial charge < -0.3 is 5.73 Å². The first-order chi connectivity index (χ1) is 9.47. The zero-order valence-corrected chi connectivity index (χ0v) is 14.1. The van der Waals surface area contributed by atoms with E-state index in [4.69, 9.17) is 5.73 Å². The van der Waals surface area contributed by atoms with Crippen LogP contribution in [0, 0.1) is 6.92 Å². The molecular weight excluding hydrogens is 318 g/mol. The highest BCUT2D eigenvalue weighted by Crippen LogP contribution is 2.26. The molecule has 0 aliphatic heterocycles. The third-order valence-electron chi connectivity index (χ3n) is 3.54. The maximum atomic E-state index is 6.40. The van der Waals surface area contributed by atoms with Gasteiger partial charge in [-0.1, -0.05) is 6.92 Å². The van der Waals surface area contributed by atoms with Gasteiger partial charge in [0.1, 0.15) is 0 Å². The van der Waals surface area contributed by atoms with Crippen LogP contribution in [0.2, 0.25) is 0 Å². The van der Waals surface area contributed by atoms with Crippen LogP contribution in [-0.2, 0) is 26.4 Å². The van der Waals surface area contributed by atoms with Gasteiger partial charge >= 0.3 is 0 Å². The number of halogens is 1. The minimum absolute atomic E-state index is 0.0589. The summed E-state index contributed by atoms with van der Waals surface area (Å²) in [4.78, 5) is 0. The Morgan fingerprint density at radius 3 is 2.65 bits per heavy atom. The van der Waals surface area contributed by atoms with E-state index in [1.807, 2.05) is 29.5 Å². The molecule has 0 aromatic carbocycles. The Labute approximate surface area is 128 Å². The lowest BCUT2D eigenvalue weighted by molar-refractivity contribution is 0.584. The van der Waals surface area contributed by atoms with Crippen molar-refractivity contribution in [2.24, 2.45) is 12.8 Å². The molecule has 6 heteroatoms. The quantitative estimate of drug-likeness (QED) is 0.910. The molecular formula is C14H22BrN5. The average Bonchev–Trinajstić information content (AvgIpc) is 2.93. The molecule has 2 aromatic heterocycles. The third kappa shape index (κ3) is 2.81. The zero-order valence-electron chi connectivity index (χ0n) is 12.5. The molecule has 1 unspecified atom stereocenters. The summed E-state index contributed by atoms with van der Waals surface area (Å²) >= 11 is 3.62. The lowest BCUT2D eigenvalue weighted by Crippen LogP contribution is -2.17. The Balaban J connectivity index is 2.29. The maximum Gasteiger partial charge on any atom is 0.0738 e. The van der Waals surface area contributed by atoms with E-state index in [9.17, 15) is 0 Å². The predicted molar refractivity (Wildman–Crippen MR) is 83.6 cm³/mol. The van der Waals surface area contributed by atoms with Gasteiger partial charge in [-0.3, -0.25) is 9.36 Å². The highest BCUT2D eigenvalue weighted by atomic mass is 79.9. The van der Waals surface area contributed by atoms with Crippen molar-refractivity contribution in [3.05, 3.63) is 33.3 Å². The van der Waals surface area contributed by atoms with E-state index >= 15 is 0 Å². The van der Waals surface area contributed by atoms with Crippen molar-refractivity contribution in [2.45, 2.75) is 46.2 Å². The van der Waals surface area contributed by atoms with Crippen LogP contribution in [0.4, 0.5) is 0 Å². The number of aromatic nitrogens is 4. The maximum absolute atomic E-state index is 6.40. The number of nitrogens with two attached hydrogens (primary N) is 1. The Bertz CT molecular complexity index is 599. The average molecular weight is 340 g/mol. The lowest BCUT2D eigenvalue weighted by atomic mass is 10.0. The zero-order chi connectivity index (χ0) is 14.9. The molecule has 5 nitrogen and oxygen atoms in total. The summed E-state index contributed by atoms with van der Waals surface area (Å²) in [6, 6.07) is -0.0589. The SMILES string of the molecule is CCc1nn(C)cc1C(N)Cc1c(Br)c(C)nn1CC. The molecule has 0 spiro atoms. The molecule has 0 fully saturated rings. The molecule has 2 aromatic rings. The van der Waals surface area contributed by atoms with Crippen molar-refractivity contribution in [3.8, 4) is 0 Å². The van der Waals surface area contributed by atoms with Crippen molar-refractivity contribution in [3.63, 3.8) is 0 Å². The van der Waals surface area contributed by atoms with Crippen molar-refractivity contribution in [2.75, 3.05) is 0 Å². The first kappa shape index (κ1) is 15.3. The summed E-state index contributed by atoms with van der Waals surface area (Å²) in [6.45, 7) is 7.05. The Hall–Kier alpha value is -1.14. The van der Waals surface area contributed by atoms with Gasteiger partial charge in [0.15, 0.2) is 0 Å². The van der Waals surface area contributed by atoms with Gasteiger partial charge in [0.25, 0.3) is 0 Å². The van der Waals surface area contributed by atoms with Gasteiger partial charge in [-0.2, -0.15) is 10.2 Å². The van der Waals surface area contributed by atoms with Crippen LogP contribution in [-0.4, -0.2) is 19.6 Å². The molecule has 2 heterocycles. The van der Waals surface area contributed by atoms with Crippen LogP contribution in [0.25, 0.3) is 0 Å². The topological polar surface area (TPSA) is 61.7 Å². The van der Waals surface area contributed by atoms with E-state index in [0.29, 0.717) is 0 Å². The van der Waals surface area contributed by atoms with E-state index in [0.717, 1.165) is 46.5 Å². The predicted octanol–water partition coefficient (Wildman–Crippen LogP) is 2.51. The summed E-state index contributed by atoms with van der Waals surface area (Å²) in [6.07, 6.45) is 3.68. The molecule has 0 aliphatic carbocycles. The number of nitrogens with zero attached hydrogens (tertiary/aromatic N) is 4. The highest BCUT2D eigenvalue weighted by Gasteiger charge is 2.19. The Morgan fingerprint density at radius 1 is 1.35 bits per heavy atom. The molecule has 0 saturated heterocycles. The van der Waals surface area contributed by atoms with Crippen LogP contribution in [0.15, 0.2) is 10.7 Å². The van der Waals surface area contributed by atoms with Crippen molar-refractivity contribution in [1.82, 2.24) is 19.6 Å². The fourth-order valence-corrected chi connectivity index (χ4v) is 2.97. The van der Waals surface area contributed by atoms with Crippen molar-refractivity contribution in [1.29, 1.82) is 0 Å². The number of hydrogen-bond acceptors (Lipinski definition) is 3. The molecule has 0 saturated carbocycles. The monoisotopic (exact) mass is 339 g/mol. The second-order valence-electron chi connectivity index (χ2n) is 5.03. The number of hydrogen-bond donors (Lipinski definition) is 1. The van der Waals surface area contributed by atoms with Gasteiger partial charge in [-0.15, -0.1) is 0 Å². The fraction of sp³-hybridized carbons (Fsp3) is 0.571. The Morgan fingerprint density at radius 2 is 2.05 bits per heavy atom. The van der Waals surface area contributed by atoms with E-state index in [1.165, 1.54) is 0 Å². The van der Waals surface area contributed by atoms with Crippen molar-refractivity contribution >= 4 is 15.9 Å². The second kappa shape index (κ2) is 6.10. The minimum atomic E-state index is -0.0589. The van der Waals surface area contributed by atoms with E-state index < -0.39 is 0 Å². The summed E-state index contributed by atoms with van der Waals surface area (Å²) in [5.74, 6) is 0. The molecule has 2 N–H and O–H groups in total.